The van der Waals surface area contributed by atoms with Crippen molar-refractivity contribution in [3.05, 3.63) is 76.2 Å². The van der Waals surface area contributed by atoms with Crippen LogP contribution in [-0.2, 0) is 18.3 Å². The fraction of sp³-hybridized carbons (Fsp3) is 0.158. The van der Waals surface area contributed by atoms with Crippen LogP contribution in [0.25, 0.3) is 10.8 Å². The Balaban J connectivity index is 1.90. The maximum absolute atomic E-state index is 12.3. The first kappa shape index (κ1) is 15.0. The van der Waals surface area contributed by atoms with Crippen molar-refractivity contribution in [3.63, 3.8) is 0 Å². The minimum atomic E-state index is -0.0903. The summed E-state index contributed by atoms with van der Waals surface area (Å²) in [5.74, 6) is -0.0903. The van der Waals surface area contributed by atoms with E-state index in [2.05, 4.69) is 5.32 Å². The average molecular weight is 306 g/mol. The van der Waals surface area contributed by atoms with Gasteiger partial charge in [0.15, 0.2) is 0 Å². The van der Waals surface area contributed by atoms with E-state index in [4.69, 9.17) is 0 Å². The summed E-state index contributed by atoms with van der Waals surface area (Å²) in [6.07, 6.45) is 2.02. The maximum Gasteiger partial charge on any atom is 0.258 e. The van der Waals surface area contributed by atoms with E-state index in [1.54, 1.807) is 25.4 Å². The van der Waals surface area contributed by atoms with Crippen LogP contribution in [0, 0.1) is 6.92 Å². The van der Waals surface area contributed by atoms with Crippen molar-refractivity contribution < 1.29 is 4.79 Å². The number of fused-ring (bicyclic) bond motifs is 1. The van der Waals surface area contributed by atoms with Crippen LogP contribution < -0.4 is 10.9 Å². The molecule has 0 radical (unpaired) electrons. The Morgan fingerprint density at radius 2 is 1.83 bits per heavy atom. The van der Waals surface area contributed by atoms with Gasteiger partial charge in [-0.25, -0.2) is 0 Å². The Hall–Kier alpha value is -2.88. The average Bonchev–Trinajstić information content (AvgIpc) is 2.54. The Bertz CT molecular complexity index is 941. The van der Waals surface area contributed by atoms with Gasteiger partial charge in [-0.1, -0.05) is 30.3 Å². The summed E-state index contributed by atoms with van der Waals surface area (Å²) < 4.78 is 1.53. The molecule has 3 aromatic rings. The fourth-order valence-corrected chi connectivity index (χ4v) is 2.66. The number of aryl methyl sites for hydroxylation is 2. The molecule has 0 aliphatic heterocycles. The number of benzene rings is 2. The van der Waals surface area contributed by atoms with Gasteiger partial charge in [0, 0.05) is 29.7 Å². The van der Waals surface area contributed by atoms with Gasteiger partial charge < -0.3 is 9.88 Å². The van der Waals surface area contributed by atoms with Gasteiger partial charge in [0.05, 0.1) is 6.42 Å². The van der Waals surface area contributed by atoms with Gasteiger partial charge in [-0.05, 0) is 36.2 Å². The zero-order chi connectivity index (χ0) is 16.4. The van der Waals surface area contributed by atoms with Gasteiger partial charge in [-0.15, -0.1) is 0 Å². The van der Waals surface area contributed by atoms with E-state index in [9.17, 15) is 9.59 Å². The molecule has 0 spiro atoms. The molecular weight excluding hydrogens is 288 g/mol. The summed E-state index contributed by atoms with van der Waals surface area (Å²) in [5.41, 5.74) is 2.69. The fourth-order valence-electron chi connectivity index (χ4n) is 2.66. The first-order valence-electron chi connectivity index (χ1n) is 7.49. The molecule has 4 nitrogen and oxygen atoms in total. The van der Waals surface area contributed by atoms with Crippen molar-refractivity contribution >= 4 is 22.4 Å². The second-order valence-electron chi connectivity index (χ2n) is 5.65. The van der Waals surface area contributed by atoms with Crippen molar-refractivity contribution in [1.82, 2.24) is 4.57 Å². The molecule has 4 heteroatoms. The number of carbonyl (C=O) groups excluding carboxylic acids is 1. The molecule has 116 valence electrons. The Kier molecular flexibility index (Phi) is 3.98. The van der Waals surface area contributed by atoms with Crippen LogP contribution >= 0.6 is 0 Å². The second kappa shape index (κ2) is 6.08. The third kappa shape index (κ3) is 3.01. The lowest BCUT2D eigenvalue weighted by atomic mass is 10.1. The first-order valence-corrected chi connectivity index (χ1v) is 7.49. The highest BCUT2D eigenvalue weighted by Gasteiger charge is 2.09. The van der Waals surface area contributed by atoms with Crippen molar-refractivity contribution in [1.29, 1.82) is 0 Å². The van der Waals surface area contributed by atoms with E-state index in [1.165, 1.54) is 4.57 Å². The largest absolute Gasteiger partial charge is 0.325 e. The van der Waals surface area contributed by atoms with Crippen LogP contribution in [-0.4, -0.2) is 10.5 Å². The summed E-state index contributed by atoms with van der Waals surface area (Å²) >= 11 is 0. The molecular formula is C19H18N2O2. The molecule has 1 heterocycles. The number of rotatable bonds is 3. The predicted molar refractivity (Wildman–Crippen MR) is 92.7 cm³/mol. The summed E-state index contributed by atoms with van der Waals surface area (Å²) in [7, 11) is 1.71. The Labute approximate surface area is 134 Å². The van der Waals surface area contributed by atoms with E-state index >= 15 is 0 Å². The third-order valence-electron chi connectivity index (χ3n) is 4.01. The molecule has 0 saturated carbocycles. The standard InChI is InChI=1S/C19H18N2O2/c1-13-6-3-4-7-14(13)12-18(22)20-17-9-5-8-16-15(17)10-11-21(2)19(16)23/h3-11H,12H2,1-2H3,(H,20,22). The lowest BCUT2D eigenvalue weighted by Crippen LogP contribution is -2.18. The smallest absolute Gasteiger partial charge is 0.258 e. The van der Waals surface area contributed by atoms with E-state index in [-0.39, 0.29) is 11.5 Å². The second-order valence-corrected chi connectivity index (χ2v) is 5.65. The van der Waals surface area contributed by atoms with Crippen LogP contribution in [0.2, 0.25) is 0 Å². The van der Waals surface area contributed by atoms with E-state index in [1.807, 2.05) is 43.3 Å². The summed E-state index contributed by atoms with van der Waals surface area (Å²) in [6, 6.07) is 15.0. The molecule has 0 unspecified atom stereocenters. The molecule has 1 N–H and O–H groups in total. The molecule has 0 fully saturated rings. The first-order chi connectivity index (χ1) is 11.1. The molecule has 0 atom stereocenters. The number of pyridine rings is 1. The number of anilines is 1. The molecule has 0 aliphatic carbocycles. The van der Waals surface area contributed by atoms with Gasteiger partial charge in [0.2, 0.25) is 5.91 Å². The highest BCUT2D eigenvalue weighted by atomic mass is 16.1. The molecule has 3 rings (SSSR count). The van der Waals surface area contributed by atoms with Crippen LogP contribution in [0.15, 0.2) is 59.5 Å². The van der Waals surface area contributed by atoms with Crippen molar-refractivity contribution in [2.75, 3.05) is 5.32 Å². The number of carbonyl (C=O) groups is 1. The van der Waals surface area contributed by atoms with Crippen LogP contribution in [0.4, 0.5) is 5.69 Å². The molecule has 2 aromatic carbocycles. The normalized spacial score (nSPS) is 10.7. The minimum absolute atomic E-state index is 0.0718. The van der Waals surface area contributed by atoms with E-state index < -0.39 is 0 Å². The number of amides is 1. The number of nitrogens with one attached hydrogen (secondary N) is 1. The van der Waals surface area contributed by atoms with E-state index in [0.29, 0.717) is 17.5 Å². The number of hydrogen-bond acceptors (Lipinski definition) is 2. The van der Waals surface area contributed by atoms with Crippen LogP contribution in [0.1, 0.15) is 11.1 Å². The van der Waals surface area contributed by atoms with Crippen LogP contribution in [0.5, 0.6) is 0 Å². The third-order valence-corrected chi connectivity index (χ3v) is 4.01. The minimum Gasteiger partial charge on any atom is -0.325 e. The number of hydrogen-bond donors (Lipinski definition) is 1. The number of nitrogens with zero attached hydrogens (tertiary/aromatic N) is 1. The maximum atomic E-state index is 12.3. The van der Waals surface area contributed by atoms with Crippen LogP contribution in [0.3, 0.4) is 0 Å². The van der Waals surface area contributed by atoms with Gasteiger partial charge in [0.1, 0.15) is 0 Å². The predicted octanol–water partition coefficient (Wildman–Crippen LogP) is 3.03. The molecule has 1 amide bonds. The summed E-state index contributed by atoms with van der Waals surface area (Å²) in [4.78, 5) is 24.5. The topological polar surface area (TPSA) is 51.1 Å². The molecule has 0 aliphatic rings. The summed E-state index contributed by atoms with van der Waals surface area (Å²) in [6.45, 7) is 1.99. The van der Waals surface area contributed by atoms with Crippen molar-refractivity contribution in [2.24, 2.45) is 7.05 Å². The highest BCUT2D eigenvalue weighted by Crippen LogP contribution is 2.21. The summed E-state index contributed by atoms with van der Waals surface area (Å²) in [5, 5.41) is 4.28. The van der Waals surface area contributed by atoms with Gasteiger partial charge in [-0.2, -0.15) is 0 Å². The van der Waals surface area contributed by atoms with Crippen molar-refractivity contribution in [3.8, 4) is 0 Å². The number of aromatic nitrogens is 1. The Morgan fingerprint density at radius 3 is 2.61 bits per heavy atom. The zero-order valence-corrected chi connectivity index (χ0v) is 13.2. The highest BCUT2D eigenvalue weighted by molar-refractivity contribution is 6.02. The zero-order valence-electron chi connectivity index (χ0n) is 13.2. The van der Waals surface area contributed by atoms with Gasteiger partial charge >= 0.3 is 0 Å². The molecule has 23 heavy (non-hydrogen) atoms. The molecule has 0 bridgehead atoms. The monoisotopic (exact) mass is 306 g/mol. The van der Waals surface area contributed by atoms with E-state index in [0.717, 1.165) is 16.5 Å². The molecule has 1 aromatic heterocycles. The lowest BCUT2D eigenvalue weighted by Gasteiger charge is -2.10. The SMILES string of the molecule is Cc1ccccc1CC(=O)Nc1cccc2c(=O)n(C)ccc12. The van der Waals surface area contributed by atoms with Gasteiger partial charge in [0.25, 0.3) is 5.56 Å². The quantitative estimate of drug-likeness (QED) is 0.808. The van der Waals surface area contributed by atoms with Gasteiger partial charge in [-0.3, -0.25) is 9.59 Å². The Morgan fingerprint density at radius 1 is 1.04 bits per heavy atom. The van der Waals surface area contributed by atoms with Crippen molar-refractivity contribution in [2.45, 2.75) is 13.3 Å². The molecule has 0 saturated heterocycles. The lowest BCUT2D eigenvalue weighted by molar-refractivity contribution is -0.115.